The Bertz CT molecular complexity index is 299. The maximum absolute atomic E-state index is 5.66. The zero-order valence-electron chi connectivity index (χ0n) is 10.4. The molecule has 0 amide bonds. The molecule has 4 aliphatic rings. The molecule has 2 aliphatic carbocycles. The number of hydrogen-bond donors (Lipinski definition) is 0. The monoisotopic (exact) mass is 234 g/mol. The van der Waals surface area contributed by atoms with E-state index in [4.69, 9.17) is 9.47 Å². The molecule has 6 atom stereocenters. The second-order valence-electron chi connectivity index (χ2n) is 6.39. The highest BCUT2D eigenvalue weighted by Crippen LogP contribution is 2.49. The van der Waals surface area contributed by atoms with Crippen molar-refractivity contribution in [3.63, 3.8) is 0 Å². The Hall–Kier alpha value is -0.340. The van der Waals surface area contributed by atoms with Crippen LogP contribution >= 0.6 is 0 Å². The molecule has 2 nitrogen and oxygen atoms in total. The van der Waals surface area contributed by atoms with Gasteiger partial charge in [0.2, 0.25) is 0 Å². The lowest BCUT2D eigenvalue weighted by Crippen LogP contribution is -2.29. The fourth-order valence-electron chi connectivity index (χ4n) is 4.34. The minimum atomic E-state index is 0.602. The molecule has 0 aromatic rings. The van der Waals surface area contributed by atoms with Gasteiger partial charge in [0, 0.05) is 0 Å². The lowest BCUT2D eigenvalue weighted by atomic mass is 9.70. The van der Waals surface area contributed by atoms with Crippen LogP contribution in [0.4, 0.5) is 0 Å². The van der Waals surface area contributed by atoms with Crippen molar-refractivity contribution in [2.75, 3.05) is 0 Å². The largest absolute Gasteiger partial charge is 0.370 e. The summed E-state index contributed by atoms with van der Waals surface area (Å²) >= 11 is 0. The Balaban J connectivity index is 1.43. The molecular weight excluding hydrogens is 212 g/mol. The number of rotatable bonds is 3. The van der Waals surface area contributed by atoms with E-state index >= 15 is 0 Å². The second kappa shape index (κ2) is 3.83. The van der Waals surface area contributed by atoms with Gasteiger partial charge in [-0.2, -0.15) is 0 Å². The summed E-state index contributed by atoms with van der Waals surface area (Å²) in [5, 5.41) is 0. The average Bonchev–Trinajstić information content (AvgIpc) is 3.23. The number of epoxide rings is 2. The van der Waals surface area contributed by atoms with E-state index in [-0.39, 0.29) is 0 Å². The first-order valence-electron chi connectivity index (χ1n) is 7.28. The fraction of sp³-hybridized carbons (Fsp3) is 0.867. The predicted octanol–water partition coefficient (Wildman–Crippen LogP) is 2.92. The number of allylic oxidation sites excluding steroid dienone is 1. The molecule has 17 heavy (non-hydrogen) atoms. The van der Waals surface area contributed by atoms with Gasteiger partial charge in [0.15, 0.2) is 0 Å². The highest BCUT2D eigenvalue weighted by atomic mass is 16.6. The van der Waals surface area contributed by atoms with Crippen molar-refractivity contribution in [2.45, 2.75) is 62.9 Å². The van der Waals surface area contributed by atoms with E-state index in [1.165, 1.54) is 38.5 Å². The maximum Gasteiger partial charge on any atom is 0.0844 e. The zero-order valence-corrected chi connectivity index (χ0v) is 10.4. The molecule has 4 rings (SSSR count). The van der Waals surface area contributed by atoms with Crippen molar-refractivity contribution < 1.29 is 9.47 Å². The lowest BCUT2D eigenvalue weighted by Gasteiger charge is -2.34. The summed E-state index contributed by atoms with van der Waals surface area (Å²) in [6.45, 7) is 4.11. The molecule has 0 N–H and O–H groups in total. The van der Waals surface area contributed by atoms with Crippen LogP contribution in [-0.2, 0) is 9.47 Å². The topological polar surface area (TPSA) is 25.1 Å². The number of ether oxygens (including phenoxy) is 2. The van der Waals surface area contributed by atoms with E-state index in [2.05, 4.69) is 12.7 Å². The van der Waals surface area contributed by atoms with E-state index in [1.807, 2.05) is 0 Å². The van der Waals surface area contributed by atoms with Crippen molar-refractivity contribution in [3.8, 4) is 0 Å². The third-order valence-corrected chi connectivity index (χ3v) is 5.45. The van der Waals surface area contributed by atoms with Gasteiger partial charge in [0.25, 0.3) is 0 Å². The summed E-state index contributed by atoms with van der Waals surface area (Å²) in [6.07, 6.45) is 12.5. The van der Waals surface area contributed by atoms with Crippen LogP contribution in [0.5, 0.6) is 0 Å². The summed E-state index contributed by atoms with van der Waals surface area (Å²) in [4.78, 5) is 0. The molecule has 2 heteroatoms. The molecule has 0 aromatic heterocycles. The molecule has 0 spiro atoms. The van der Waals surface area contributed by atoms with Gasteiger partial charge in [-0.25, -0.2) is 0 Å². The summed E-state index contributed by atoms with van der Waals surface area (Å²) in [5.41, 5.74) is 0. The Morgan fingerprint density at radius 3 is 1.76 bits per heavy atom. The molecule has 0 bridgehead atoms. The molecule has 2 saturated heterocycles. The molecule has 2 aliphatic heterocycles. The second-order valence-corrected chi connectivity index (χ2v) is 6.39. The van der Waals surface area contributed by atoms with Crippen LogP contribution < -0.4 is 0 Å². The molecular formula is C15H22O2. The quantitative estimate of drug-likeness (QED) is 0.554. The Morgan fingerprint density at radius 2 is 1.35 bits per heavy atom. The van der Waals surface area contributed by atoms with Gasteiger partial charge in [-0.15, -0.1) is 6.58 Å². The van der Waals surface area contributed by atoms with E-state index in [9.17, 15) is 0 Å². The van der Waals surface area contributed by atoms with Crippen LogP contribution in [0.2, 0.25) is 0 Å². The van der Waals surface area contributed by atoms with Gasteiger partial charge in [0.1, 0.15) is 0 Å². The summed E-state index contributed by atoms with van der Waals surface area (Å²) in [6, 6.07) is 0. The Morgan fingerprint density at radius 1 is 0.824 bits per heavy atom. The van der Waals surface area contributed by atoms with Crippen LogP contribution in [0.15, 0.2) is 12.7 Å². The van der Waals surface area contributed by atoms with Crippen molar-refractivity contribution in [1.82, 2.24) is 0 Å². The van der Waals surface area contributed by atoms with E-state index in [0.717, 1.165) is 11.8 Å². The van der Waals surface area contributed by atoms with Gasteiger partial charge in [-0.3, -0.25) is 0 Å². The van der Waals surface area contributed by atoms with Crippen LogP contribution in [0.1, 0.15) is 38.5 Å². The minimum Gasteiger partial charge on any atom is -0.370 e. The zero-order chi connectivity index (χ0) is 11.4. The SMILES string of the molecule is C=CC(C1CCC2OC2C1)C1CCC2OC2C1. The van der Waals surface area contributed by atoms with Crippen LogP contribution in [-0.4, -0.2) is 24.4 Å². The first kappa shape index (κ1) is 10.6. The predicted molar refractivity (Wildman–Crippen MR) is 65.7 cm³/mol. The Kier molecular flexibility index (Phi) is 2.38. The average molecular weight is 234 g/mol. The minimum absolute atomic E-state index is 0.602. The van der Waals surface area contributed by atoms with Gasteiger partial charge < -0.3 is 9.47 Å². The van der Waals surface area contributed by atoms with Crippen molar-refractivity contribution in [2.24, 2.45) is 17.8 Å². The molecule has 2 saturated carbocycles. The maximum atomic E-state index is 5.66. The normalized spacial score (nSPS) is 53.2. The number of fused-ring (bicyclic) bond motifs is 2. The lowest BCUT2D eigenvalue weighted by molar-refractivity contribution is 0.197. The standard InChI is InChI=1S/C15H22O2/c1-2-11(9-3-5-12-14(7-9)16-12)10-4-6-13-15(8-10)17-13/h2,9-15H,1,3-8H2. The molecule has 94 valence electrons. The molecule has 6 unspecified atom stereocenters. The molecule has 4 fully saturated rings. The van der Waals surface area contributed by atoms with E-state index in [0.29, 0.717) is 30.3 Å². The van der Waals surface area contributed by atoms with Crippen molar-refractivity contribution in [1.29, 1.82) is 0 Å². The summed E-state index contributed by atoms with van der Waals surface area (Å²) in [5.74, 6) is 2.37. The molecule has 0 aromatic carbocycles. The third-order valence-electron chi connectivity index (χ3n) is 5.45. The van der Waals surface area contributed by atoms with Crippen molar-refractivity contribution >= 4 is 0 Å². The van der Waals surface area contributed by atoms with E-state index in [1.54, 1.807) is 0 Å². The summed E-state index contributed by atoms with van der Waals surface area (Å²) < 4.78 is 11.3. The summed E-state index contributed by atoms with van der Waals surface area (Å²) in [7, 11) is 0. The van der Waals surface area contributed by atoms with Gasteiger partial charge in [-0.1, -0.05) is 6.08 Å². The highest BCUT2D eigenvalue weighted by molar-refractivity contribution is 5.02. The van der Waals surface area contributed by atoms with Gasteiger partial charge in [0.05, 0.1) is 24.4 Å². The van der Waals surface area contributed by atoms with Gasteiger partial charge in [-0.05, 0) is 56.3 Å². The fourth-order valence-corrected chi connectivity index (χ4v) is 4.34. The van der Waals surface area contributed by atoms with Crippen LogP contribution in [0, 0.1) is 17.8 Å². The van der Waals surface area contributed by atoms with Crippen LogP contribution in [0.3, 0.4) is 0 Å². The highest BCUT2D eigenvalue weighted by Gasteiger charge is 2.49. The number of hydrogen-bond acceptors (Lipinski definition) is 2. The van der Waals surface area contributed by atoms with Crippen molar-refractivity contribution in [3.05, 3.63) is 12.7 Å². The van der Waals surface area contributed by atoms with Gasteiger partial charge >= 0.3 is 0 Å². The third kappa shape index (κ3) is 1.86. The first-order valence-corrected chi connectivity index (χ1v) is 7.28. The first-order chi connectivity index (χ1) is 8.35. The van der Waals surface area contributed by atoms with E-state index < -0.39 is 0 Å². The molecule has 2 heterocycles. The van der Waals surface area contributed by atoms with Crippen LogP contribution in [0.25, 0.3) is 0 Å². The smallest absolute Gasteiger partial charge is 0.0844 e. The Labute approximate surface area is 103 Å². The molecule has 0 radical (unpaired) electrons.